The van der Waals surface area contributed by atoms with Crippen LogP contribution < -0.4 is 9.64 Å². The van der Waals surface area contributed by atoms with Crippen molar-refractivity contribution in [2.24, 2.45) is 0 Å². The highest BCUT2D eigenvalue weighted by atomic mass is 16.5. The van der Waals surface area contributed by atoms with E-state index in [0.717, 1.165) is 44.2 Å². The molecule has 1 heterocycles. The maximum absolute atomic E-state index is 10.0. The Bertz CT molecular complexity index is 432. The van der Waals surface area contributed by atoms with E-state index in [1.807, 2.05) is 51.0 Å². The van der Waals surface area contributed by atoms with E-state index < -0.39 is 0 Å². The van der Waals surface area contributed by atoms with Crippen LogP contribution >= 0.6 is 0 Å². The second-order valence-electron chi connectivity index (χ2n) is 5.88. The zero-order valence-corrected chi connectivity index (χ0v) is 15.3. The first-order valence-corrected chi connectivity index (χ1v) is 8.53. The summed E-state index contributed by atoms with van der Waals surface area (Å²) >= 11 is 0. The first-order valence-electron chi connectivity index (χ1n) is 8.53. The molecule has 0 unspecified atom stereocenters. The summed E-state index contributed by atoms with van der Waals surface area (Å²) < 4.78 is 5.43. The molecule has 1 aromatic carbocycles. The molecule has 132 valence electrons. The summed E-state index contributed by atoms with van der Waals surface area (Å²) in [6, 6.07) is 8.15. The minimum atomic E-state index is -0.280. The maximum atomic E-state index is 10.0. The molecule has 0 bridgehead atoms. The Morgan fingerprint density at radius 1 is 1.13 bits per heavy atom. The molecule has 0 amide bonds. The van der Waals surface area contributed by atoms with Crippen LogP contribution in [0, 0.1) is 0 Å². The largest absolute Gasteiger partial charge is 0.495 e. The topological polar surface area (TPSA) is 39.2 Å². The van der Waals surface area contributed by atoms with Crippen LogP contribution in [0.15, 0.2) is 24.3 Å². The van der Waals surface area contributed by atoms with E-state index >= 15 is 0 Å². The Morgan fingerprint density at radius 3 is 2.30 bits per heavy atom. The number of nitrogens with zero attached hydrogens (tertiary/aromatic N) is 3. The zero-order chi connectivity index (χ0) is 17.2. The molecule has 5 nitrogen and oxygen atoms in total. The number of para-hydroxylation sites is 2. The van der Waals surface area contributed by atoms with Crippen LogP contribution in [0.25, 0.3) is 0 Å². The van der Waals surface area contributed by atoms with Gasteiger partial charge in [-0.05, 0) is 26.2 Å². The predicted octanol–water partition coefficient (Wildman–Crippen LogP) is 1.77. The lowest BCUT2D eigenvalue weighted by molar-refractivity contribution is 0.0860. The van der Waals surface area contributed by atoms with Crippen LogP contribution in [-0.4, -0.2) is 81.5 Å². The summed E-state index contributed by atoms with van der Waals surface area (Å²) in [6.45, 7) is 9.35. The standard InChI is InChI=1S/C16H27N3O2.C2H6/c1-17(2)12-14(20)13-18-8-10-19(11-9-18)15-6-4-5-7-16(15)21-3;1-2/h4-7,14,20H,8-13H2,1-3H3;1-2H3/t14-;/m1./s1. The van der Waals surface area contributed by atoms with Crippen molar-refractivity contribution >= 4 is 5.69 Å². The lowest BCUT2D eigenvalue weighted by Crippen LogP contribution is -2.49. The monoisotopic (exact) mass is 323 g/mol. The molecule has 0 aliphatic carbocycles. The zero-order valence-electron chi connectivity index (χ0n) is 15.3. The lowest BCUT2D eigenvalue weighted by Gasteiger charge is -2.37. The van der Waals surface area contributed by atoms with Gasteiger partial charge in [-0.25, -0.2) is 0 Å². The lowest BCUT2D eigenvalue weighted by atomic mass is 10.2. The summed E-state index contributed by atoms with van der Waals surface area (Å²) in [5.74, 6) is 0.929. The number of likely N-dealkylation sites (N-methyl/N-ethyl adjacent to an activating group) is 1. The van der Waals surface area contributed by atoms with E-state index in [0.29, 0.717) is 6.54 Å². The fourth-order valence-electron chi connectivity index (χ4n) is 2.84. The van der Waals surface area contributed by atoms with E-state index in [1.165, 1.54) is 0 Å². The quantitative estimate of drug-likeness (QED) is 0.864. The van der Waals surface area contributed by atoms with Gasteiger partial charge >= 0.3 is 0 Å². The number of hydrogen-bond acceptors (Lipinski definition) is 5. The Balaban J connectivity index is 0.00000127. The summed E-state index contributed by atoms with van der Waals surface area (Å²) in [4.78, 5) is 6.71. The molecule has 1 atom stereocenters. The average Bonchev–Trinajstić information content (AvgIpc) is 2.56. The molecule has 0 saturated carbocycles. The van der Waals surface area contributed by atoms with Gasteiger partial charge in [-0.2, -0.15) is 0 Å². The molecule has 1 aliphatic rings. The van der Waals surface area contributed by atoms with Crippen molar-refractivity contribution in [1.82, 2.24) is 9.80 Å². The van der Waals surface area contributed by atoms with Gasteiger partial charge in [-0.3, -0.25) is 4.90 Å². The Hall–Kier alpha value is -1.30. The van der Waals surface area contributed by atoms with Crippen LogP contribution in [0.1, 0.15) is 13.8 Å². The van der Waals surface area contributed by atoms with Gasteiger partial charge in [-0.1, -0.05) is 26.0 Å². The molecule has 2 rings (SSSR count). The van der Waals surface area contributed by atoms with Crippen molar-refractivity contribution < 1.29 is 9.84 Å². The summed E-state index contributed by atoms with van der Waals surface area (Å²) in [7, 11) is 5.69. The van der Waals surface area contributed by atoms with Gasteiger partial charge in [0.05, 0.1) is 18.9 Å². The highest BCUT2D eigenvalue weighted by Crippen LogP contribution is 2.28. The Kier molecular flexibility index (Phi) is 8.99. The van der Waals surface area contributed by atoms with E-state index in [-0.39, 0.29) is 6.10 Å². The molecule has 1 aliphatic heterocycles. The highest BCUT2D eigenvalue weighted by molar-refractivity contribution is 5.58. The Morgan fingerprint density at radius 2 is 1.74 bits per heavy atom. The van der Waals surface area contributed by atoms with Gasteiger partial charge in [0.15, 0.2) is 0 Å². The van der Waals surface area contributed by atoms with Crippen molar-refractivity contribution in [3.8, 4) is 5.75 Å². The van der Waals surface area contributed by atoms with Crippen molar-refractivity contribution in [2.45, 2.75) is 20.0 Å². The van der Waals surface area contributed by atoms with Crippen LogP contribution in [0.5, 0.6) is 5.75 Å². The van der Waals surface area contributed by atoms with Gasteiger partial charge < -0.3 is 19.6 Å². The van der Waals surface area contributed by atoms with E-state index in [9.17, 15) is 5.11 Å². The molecule has 1 fully saturated rings. The van der Waals surface area contributed by atoms with Crippen LogP contribution in [0.2, 0.25) is 0 Å². The number of methoxy groups -OCH3 is 1. The molecule has 0 aromatic heterocycles. The second-order valence-corrected chi connectivity index (χ2v) is 5.88. The number of anilines is 1. The maximum Gasteiger partial charge on any atom is 0.142 e. The number of aliphatic hydroxyl groups excluding tert-OH is 1. The SMILES string of the molecule is CC.COc1ccccc1N1CCN(C[C@H](O)CN(C)C)CC1. The van der Waals surface area contributed by atoms with Crippen molar-refractivity contribution in [2.75, 3.05) is 65.4 Å². The third-order valence-electron chi connectivity index (χ3n) is 3.84. The molecule has 1 aromatic rings. The molecular weight excluding hydrogens is 290 g/mol. The molecular formula is C18H33N3O2. The number of rotatable bonds is 6. The van der Waals surface area contributed by atoms with Gasteiger partial charge in [0.2, 0.25) is 0 Å². The minimum absolute atomic E-state index is 0.280. The van der Waals surface area contributed by atoms with Crippen LogP contribution in [-0.2, 0) is 0 Å². The summed E-state index contributed by atoms with van der Waals surface area (Å²) in [6.07, 6.45) is -0.280. The average molecular weight is 323 g/mol. The fourth-order valence-corrected chi connectivity index (χ4v) is 2.84. The second kappa shape index (κ2) is 10.5. The summed E-state index contributed by atoms with van der Waals surface area (Å²) in [5.41, 5.74) is 1.16. The van der Waals surface area contributed by atoms with E-state index in [1.54, 1.807) is 7.11 Å². The molecule has 1 N–H and O–H groups in total. The number of piperazine rings is 1. The first-order chi connectivity index (χ1) is 11.1. The van der Waals surface area contributed by atoms with Gasteiger partial charge in [0.25, 0.3) is 0 Å². The van der Waals surface area contributed by atoms with Crippen molar-refractivity contribution in [1.29, 1.82) is 0 Å². The van der Waals surface area contributed by atoms with Gasteiger partial charge in [0, 0.05) is 39.3 Å². The molecule has 5 heteroatoms. The third-order valence-corrected chi connectivity index (χ3v) is 3.84. The number of hydrogen-bond donors (Lipinski definition) is 1. The fraction of sp³-hybridized carbons (Fsp3) is 0.667. The predicted molar refractivity (Wildman–Crippen MR) is 97.6 cm³/mol. The van der Waals surface area contributed by atoms with Crippen LogP contribution in [0.3, 0.4) is 0 Å². The Labute approximate surface area is 141 Å². The van der Waals surface area contributed by atoms with Gasteiger partial charge in [0.1, 0.15) is 5.75 Å². The summed E-state index contributed by atoms with van der Waals surface area (Å²) in [5, 5.41) is 10.0. The minimum Gasteiger partial charge on any atom is -0.495 e. The van der Waals surface area contributed by atoms with Crippen LogP contribution in [0.4, 0.5) is 5.69 Å². The normalized spacial score (nSPS) is 16.7. The molecule has 1 saturated heterocycles. The smallest absolute Gasteiger partial charge is 0.142 e. The van der Waals surface area contributed by atoms with E-state index in [2.05, 4.69) is 15.9 Å². The first kappa shape index (κ1) is 19.7. The number of benzene rings is 1. The van der Waals surface area contributed by atoms with Crippen molar-refractivity contribution in [3.63, 3.8) is 0 Å². The van der Waals surface area contributed by atoms with Crippen molar-refractivity contribution in [3.05, 3.63) is 24.3 Å². The number of ether oxygens (including phenoxy) is 1. The molecule has 23 heavy (non-hydrogen) atoms. The molecule has 0 radical (unpaired) electrons. The van der Waals surface area contributed by atoms with Gasteiger partial charge in [-0.15, -0.1) is 0 Å². The molecule has 0 spiro atoms. The van der Waals surface area contributed by atoms with E-state index in [4.69, 9.17) is 4.74 Å². The number of aliphatic hydroxyl groups is 1. The highest BCUT2D eigenvalue weighted by Gasteiger charge is 2.21. The third kappa shape index (κ3) is 6.37. The number of β-amino-alcohol motifs (C(OH)–C–C–N with tert-alkyl or cyclic N) is 1.